The van der Waals surface area contributed by atoms with Crippen LogP contribution in [0, 0.1) is 11.8 Å². The lowest BCUT2D eigenvalue weighted by Crippen LogP contribution is -2.48. The van der Waals surface area contributed by atoms with Gasteiger partial charge in [-0.15, -0.1) is 0 Å². The fourth-order valence-corrected chi connectivity index (χ4v) is 4.75. The Kier molecular flexibility index (Phi) is 5.80. The SMILES string of the molecule is CC(C)C(=O)N1CCc2[nH]cnc2C1C1CCN(C(=O)c2cccc(C(=O)O)c2)CC1. The number of carbonyl (C=O) groups is 3. The molecule has 2 aliphatic heterocycles. The van der Waals surface area contributed by atoms with Crippen molar-refractivity contribution in [1.82, 2.24) is 19.8 Å². The van der Waals surface area contributed by atoms with Gasteiger partial charge in [-0.25, -0.2) is 9.78 Å². The number of carboxylic acid groups (broad SMARTS) is 1. The minimum absolute atomic E-state index is 0.0718. The molecule has 2 aromatic rings. The highest BCUT2D eigenvalue weighted by Crippen LogP contribution is 2.39. The van der Waals surface area contributed by atoms with E-state index in [2.05, 4.69) is 9.97 Å². The van der Waals surface area contributed by atoms with Crippen LogP contribution < -0.4 is 0 Å². The van der Waals surface area contributed by atoms with Gasteiger partial charge in [0.15, 0.2) is 0 Å². The summed E-state index contributed by atoms with van der Waals surface area (Å²) in [6, 6.07) is 6.09. The van der Waals surface area contributed by atoms with E-state index in [-0.39, 0.29) is 35.3 Å². The number of nitrogens with zero attached hydrogens (tertiary/aromatic N) is 3. The zero-order chi connectivity index (χ0) is 22.1. The molecular weight excluding hydrogens is 396 g/mol. The van der Waals surface area contributed by atoms with Crippen molar-refractivity contribution < 1.29 is 19.5 Å². The molecular formula is C23H28N4O4. The summed E-state index contributed by atoms with van der Waals surface area (Å²) in [7, 11) is 0. The number of piperidine rings is 1. The van der Waals surface area contributed by atoms with Crippen molar-refractivity contribution in [2.45, 2.75) is 39.2 Å². The molecule has 2 aliphatic rings. The van der Waals surface area contributed by atoms with E-state index in [4.69, 9.17) is 0 Å². The van der Waals surface area contributed by atoms with Crippen LogP contribution in [0.3, 0.4) is 0 Å². The number of aromatic amines is 1. The van der Waals surface area contributed by atoms with Crippen LogP contribution in [0.5, 0.6) is 0 Å². The Bertz CT molecular complexity index is 991. The number of rotatable bonds is 4. The number of carbonyl (C=O) groups excluding carboxylic acids is 2. The van der Waals surface area contributed by atoms with Crippen LogP contribution in [0.2, 0.25) is 0 Å². The summed E-state index contributed by atoms with van der Waals surface area (Å²) in [4.78, 5) is 48.6. The lowest BCUT2D eigenvalue weighted by molar-refractivity contribution is -0.139. The van der Waals surface area contributed by atoms with Gasteiger partial charge in [-0.1, -0.05) is 19.9 Å². The van der Waals surface area contributed by atoms with E-state index in [1.807, 2.05) is 18.7 Å². The van der Waals surface area contributed by atoms with Crippen molar-refractivity contribution in [1.29, 1.82) is 0 Å². The summed E-state index contributed by atoms with van der Waals surface area (Å²) in [5, 5.41) is 9.19. The van der Waals surface area contributed by atoms with Crippen molar-refractivity contribution in [2.75, 3.05) is 19.6 Å². The molecule has 31 heavy (non-hydrogen) atoms. The lowest BCUT2D eigenvalue weighted by atomic mass is 9.83. The fourth-order valence-electron chi connectivity index (χ4n) is 4.75. The Morgan fingerprint density at radius 3 is 2.52 bits per heavy atom. The Morgan fingerprint density at radius 1 is 1.13 bits per heavy atom. The molecule has 2 N–H and O–H groups in total. The van der Waals surface area contributed by atoms with Gasteiger partial charge in [0.2, 0.25) is 5.91 Å². The Balaban J connectivity index is 1.49. The molecule has 3 heterocycles. The molecule has 1 aromatic heterocycles. The van der Waals surface area contributed by atoms with E-state index in [9.17, 15) is 19.5 Å². The standard InChI is InChI=1S/C23H28N4O4/c1-14(2)21(28)27-11-8-18-19(25-13-24-18)20(27)15-6-9-26(10-7-15)22(29)16-4-3-5-17(12-16)23(30)31/h3-5,12-15,20H,6-11H2,1-2H3,(H,24,25)(H,30,31). The van der Waals surface area contributed by atoms with Crippen LogP contribution >= 0.6 is 0 Å². The first kappa shape index (κ1) is 21.1. The number of H-pyrrole nitrogens is 1. The van der Waals surface area contributed by atoms with Crippen LogP contribution in [0.4, 0.5) is 0 Å². The van der Waals surface area contributed by atoms with Crippen LogP contribution in [0.1, 0.15) is 64.8 Å². The third-order valence-corrected chi connectivity index (χ3v) is 6.38. The van der Waals surface area contributed by atoms with Gasteiger partial charge in [-0.05, 0) is 37.0 Å². The van der Waals surface area contributed by atoms with Gasteiger partial charge >= 0.3 is 5.97 Å². The normalized spacial score (nSPS) is 19.4. The molecule has 0 bridgehead atoms. The first-order valence-corrected chi connectivity index (χ1v) is 10.8. The molecule has 2 amide bonds. The molecule has 164 valence electrons. The third-order valence-electron chi connectivity index (χ3n) is 6.38. The minimum Gasteiger partial charge on any atom is -0.478 e. The van der Waals surface area contributed by atoms with Crippen molar-refractivity contribution in [2.24, 2.45) is 11.8 Å². The van der Waals surface area contributed by atoms with Crippen molar-refractivity contribution in [3.63, 3.8) is 0 Å². The summed E-state index contributed by atoms with van der Waals surface area (Å²) in [6.07, 6.45) is 4.02. The summed E-state index contributed by atoms with van der Waals surface area (Å²) in [5.74, 6) is -0.913. The second-order valence-corrected chi connectivity index (χ2v) is 8.66. The number of nitrogens with one attached hydrogen (secondary N) is 1. The smallest absolute Gasteiger partial charge is 0.335 e. The highest BCUT2D eigenvalue weighted by Gasteiger charge is 2.40. The number of aromatic nitrogens is 2. The second-order valence-electron chi connectivity index (χ2n) is 8.66. The van der Waals surface area contributed by atoms with Gasteiger partial charge in [0.05, 0.1) is 23.6 Å². The maximum absolute atomic E-state index is 12.9. The maximum atomic E-state index is 12.9. The number of fused-ring (bicyclic) bond motifs is 1. The molecule has 0 saturated carbocycles. The molecule has 0 radical (unpaired) electrons. The molecule has 1 unspecified atom stereocenters. The molecule has 1 saturated heterocycles. The zero-order valence-corrected chi connectivity index (χ0v) is 17.9. The predicted molar refractivity (Wildman–Crippen MR) is 114 cm³/mol. The summed E-state index contributed by atoms with van der Waals surface area (Å²) in [6.45, 7) is 5.66. The van der Waals surface area contributed by atoms with Gasteiger partial charge in [-0.2, -0.15) is 0 Å². The number of imidazole rings is 1. The zero-order valence-electron chi connectivity index (χ0n) is 17.9. The highest BCUT2D eigenvalue weighted by molar-refractivity contribution is 5.97. The Morgan fingerprint density at radius 2 is 1.84 bits per heavy atom. The largest absolute Gasteiger partial charge is 0.478 e. The Labute approximate surface area is 181 Å². The molecule has 1 aromatic carbocycles. The molecule has 0 aliphatic carbocycles. The van der Waals surface area contributed by atoms with Crippen LogP contribution in [-0.4, -0.2) is 62.3 Å². The molecule has 0 spiro atoms. The number of hydrogen-bond donors (Lipinski definition) is 2. The van der Waals surface area contributed by atoms with Gasteiger partial charge in [0.25, 0.3) is 5.91 Å². The highest BCUT2D eigenvalue weighted by atomic mass is 16.4. The van der Waals surface area contributed by atoms with E-state index < -0.39 is 5.97 Å². The number of aromatic carboxylic acids is 1. The van der Waals surface area contributed by atoms with E-state index >= 15 is 0 Å². The molecule has 4 rings (SSSR count). The van der Waals surface area contributed by atoms with Crippen LogP contribution in [0.25, 0.3) is 0 Å². The second kappa shape index (κ2) is 8.53. The van der Waals surface area contributed by atoms with Gasteiger partial charge < -0.3 is 19.9 Å². The Hall–Kier alpha value is -3.16. The third kappa shape index (κ3) is 4.06. The fraction of sp³-hybridized carbons (Fsp3) is 0.478. The van der Waals surface area contributed by atoms with Crippen LogP contribution in [-0.2, 0) is 11.2 Å². The first-order chi connectivity index (χ1) is 14.9. The molecule has 1 fully saturated rings. The average Bonchev–Trinajstić information content (AvgIpc) is 3.26. The van der Waals surface area contributed by atoms with Crippen molar-refractivity contribution >= 4 is 17.8 Å². The number of likely N-dealkylation sites (tertiary alicyclic amines) is 1. The first-order valence-electron chi connectivity index (χ1n) is 10.8. The van der Waals surface area contributed by atoms with Crippen LogP contribution in [0.15, 0.2) is 30.6 Å². The monoisotopic (exact) mass is 424 g/mol. The predicted octanol–water partition coefficient (Wildman–Crippen LogP) is 2.74. The topological polar surface area (TPSA) is 107 Å². The van der Waals surface area contributed by atoms with E-state index in [0.717, 1.165) is 30.7 Å². The van der Waals surface area contributed by atoms with Crippen molar-refractivity contribution in [3.8, 4) is 0 Å². The van der Waals surface area contributed by atoms with E-state index in [1.165, 1.54) is 12.1 Å². The average molecular weight is 425 g/mol. The molecule has 8 nitrogen and oxygen atoms in total. The maximum Gasteiger partial charge on any atom is 0.335 e. The summed E-state index contributed by atoms with van der Waals surface area (Å²) in [5.41, 5.74) is 2.56. The quantitative estimate of drug-likeness (QED) is 0.785. The number of amides is 2. The van der Waals surface area contributed by atoms with Gasteiger partial charge in [0.1, 0.15) is 0 Å². The number of carboxylic acids is 1. The van der Waals surface area contributed by atoms with E-state index in [0.29, 0.717) is 25.2 Å². The lowest BCUT2D eigenvalue weighted by Gasteiger charge is -2.43. The molecule has 1 atom stereocenters. The number of benzene rings is 1. The minimum atomic E-state index is -1.05. The van der Waals surface area contributed by atoms with E-state index in [1.54, 1.807) is 23.4 Å². The van der Waals surface area contributed by atoms with Gasteiger partial charge in [-0.3, -0.25) is 9.59 Å². The van der Waals surface area contributed by atoms with Crippen molar-refractivity contribution in [3.05, 3.63) is 53.1 Å². The number of hydrogen-bond acceptors (Lipinski definition) is 4. The van der Waals surface area contributed by atoms with Gasteiger partial charge in [0, 0.05) is 43.2 Å². The summed E-state index contributed by atoms with van der Waals surface area (Å²) >= 11 is 0. The summed E-state index contributed by atoms with van der Waals surface area (Å²) < 4.78 is 0. The molecule has 8 heteroatoms.